The van der Waals surface area contributed by atoms with E-state index in [0.29, 0.717) is 32.6 Å². The van der Waals surface area contributed by atoms with Gasteiger partial charge in [0.05, 0.1) is 27.8 Å². The molecule has 230 valence electrons. The third kappa shape index (κ3) is 7.08. The minimum Gasteiger partial charge on any atom is -0.493 e. The largest absolute Gasteiger partial charge is 0.493 e. The molecule has 3 amide bonds. The first-order valence-electron chi connectivity index (χ1n) is 13.8. The first-order chi connectivity index (χ1) is 21.2. The predicted octanol–water partition coefficient (Wildman–Crippen LogP) is 7.32. The van der Waals surface area contributed by atoms with Crippen LogP contribution in [0.2, 0.25) is 5.02 Å². The molecule has 2 aliphatic rings. The van der Waals surface area contributed by atoms with Crippen LogP contribution in [0.5, 0.6) is 11.5 Å². The molecule has 1 saturated heterocycles. The number of carbonyl (C=O) groups excluding carboxylic acids is 4. The summed E-state index contributed by atoms with van der Waals surface area (Å²) in [6.07, 6.45) is 5.11. The van der Waals surface area contributed by atoms with Crippen LogP contribution in [-0.4, -0.2) is 48.2 Å². The van der Waals surface area contributed by atoms with Crippen molar-refractivity contribution in [3.63, 3.8) is 0 Å². The number of hydrogen-bond donors (Lipinski definition) is 1. The zero-order valence-electron chi connectivity index (χ0n) is 23.9. The normalized spacial score (nSPS) is 15.4. The molecule has 9 nitrogen and oxygen atoms in total. The van der Waals surface area contributed by atoms with Crippen LogP contribution < -0.4 is 14.8 Å². The number of nitrogens with one attached hydrogen (secondary N) is 1. The second-order valence-electron chi connectivity index (χ2n) is 9.87. The first kappa shape index (κ1) is 32.3. The Bertz CT molecular complexity index is 1670. The lowest BCUT2D eigenvalue weighted by atomic mass is 9.95. The molecule has 5 rings (SSSR count). The summed E-state index contributed by atoms with van der Waals surface area (Å²) < 4.78 is 17.6. The molecule has 1 N–H and O–H groups in total. The number of halogens is 2. The fourth-order valence-electron chi connectivity index (χ4n) is 4.90. The van der Waals surface area contributed by atoms with E-state index >= 15 is 0 Å². The van der Waals surface area contributed by atoms with Gasteiger partial charge in [-0.15, -0.1) is 11.3 Å². The Kier molecular flexibility index (Phi) is 10.5. The fourth-order valence-corrected chi connectivity index (χ4v) is 8.00. The predicted molar refractivity (Wildman–Crippen MR) is 180 cm³/mol. The fraction of sp³-hybridized carbons (Fsp3) is 0.290. The summed E-state index contributed by atoms with van der Waals surface area (Å²) in [5, 5.41) is 3.18. The van der Waals surface area contributed by atoms with E-state index in [2.05, 4.69) is 27.9 Å². The Morgan fingerprint density at radius 1 is 1.16 bits per heavy atom. The van der Waals surface area contributed by atoms with Gasteiger partial charge in [0.25, 0.3) is 11.1 Å². The highest BCUT2D eigenvalue weighted by molar-refractivity contribution is 14.1. The highest BCUT2D eigenvalue weighted by Crippen LogP contribution is 2.40. The minimum absolute atomic E-state index is 0.171. The van der Waals surface area contributed by atoms with Crippen molar-refractivity contribution < 1.29 is 33.4 Å². The van der Waals surface area contributed by atoms with E-state index in [1.165, 1.54) is 18.4 Å². The van der Waals surface area contributed by atoms with Crippen LogP contribution in [0.15, 0.2) is 41.3 Å². The molecule has 0 radical (unpaired) electrons. The van der Waals surface area contributed by atoms with E-state index in [1.807, 2.05) is 18.2 Å². The summed E-state index contributed by atoms with van der Waals surface area (Å²) in [5.41, 5.74) is 2.73. The van der Waals surface area contributed by atoms with Crippen LogP contribution in [0, 0.1) is 3.57 Å². The van der Waals surface area contributed by atoms with Crippen molar-refractivity contribution in [2.75, 3.05) is 25.6 Å². The van der Waals surface area contributed by atoms with E-state index in [-0.39, 0.29) is 18.1 Å². The molecule has 0 saturated carbocycles. The number of thioether (sulfide) groups is 1. The summed E-state index contributed by atoms with van der Waals surface area (Å²) in [6, 6.07) is 10.9. The van der Waals surface area contributed by atoms with Gasteiger partial charge in [-0.2, -0.15) is 0 Å². The summed E-state index contributed by atoms with van der Waals surface area (Å²) in [6.45, 7) is 1.69. The summed E-state index contributed by atoms with van der Waals surface area (Å²) >= 11 is 10.5. The van der Waals surface area contributed by atoms with Crippen molar-refractivity contribution in [1.29, 1.82) is 0 Å². The smallest absolute Gasteiger partial charge is 0.341 e. The quantitative estimate of drug-likeness (QED) is 0.130. The maximum absolute atomic E-state index is 13.2. The van der Waals surface area contributed by atoms with Crippen molar-refractivity contribution in [3.05, 3.63) is 77.0 Å². The number of imide groups is 1. The average Bonchev–Trinajstić information content (AvgIpc) is 3.48. The number of fused-ring (bicyclic) bond motifs is 1. The monoisotopic (exact) mass is 766 g/mol. The van der Waals surface area contributed by atoms with Crippen LogP contribution in [-0.2, 0) is 33.8 Å². The highest BCUT2D eigenvalue weighted by atomic mass is 127. The lowest BCUT2D eigenvalue weighted by Gasteiger charge is -2.14. The maximum atomic E-state index is 13.2. The third-order valence-electron chi connectivity index (χ3n) is 6.96. The Morgan fingerprint density at radius 2 is 1.93 bits per heavy atom. The van der Waals surface area contributed by atoms with Crippen molar-refractivity contribution in [3.8, 4) is 11.5 Å². The van der Waals surface area contributed by atoms with Crippen molar-refractivity contribution in [1.82, 2.24) is 4.90 Å². The van der Waals surface area contributed by atoms with Gasteiger partial charge < -0.3 is 19.5 Å². The van der Waals surface area contributed by atoms with Gasteiger partial charge in [0, 0.05) is 15.5 Å². The highest BCUT2D eigenvalue weighted by Gasteiger charge is 2.37. The van der Waals surface area contributed by atoms with E-state index in [0.717, 1.165) is 61.9 Å². The van der Waals surface area contributed by atoms with E-state index in [1.54, 1.807) is 31.2 Å². The van der Waals surface area contributed by atoms with Crippen molar-refractivity contribution in [2.24, 2.45) is 0 Å². The number of ether oxygens (including phenoxy) is 3. The zero-order valence-corrected chi connectivity index (χ0v) is 28.4. The van der Waals surface area contributed by atoms with Crippen molar-refractivity contribution in [2.45, 2.75) is 39.2 Å². The van der Waals surface area contributed by atoms with Gasteiger partial charge in [0.2, 0.25) is 5.91 Å². The van der Waals surface area contributed by atoms with Gasteiger partial charge in [0.1, 0.15) is 18.2 Å². The SMILES string of the molecule is CCOC(=O)c1c(NC(=O)CN2C(=O)S/C(=C/c3cc(I)c(OCc4ccccc4Cl)c(OC)c3)C2=O)sc2c1CCCC2. The van der Waals surface area contributed by atoms with E-state index in [9.17, 15) is 19.2 Å². The molecule has 44 heavy (non-hydrogen) atoms. The summed E-state index contributed by atoms with van der Waals surface area (Å²) in [5.74, 6) is -0.674. The number of methoxy groups -OCH3 is 1. The second-order valence-corrected chi connectivity index (χ2v) is 13.5. The molecule has 1 fully saturated rings. The Hall–Kier alpha value is -3.07. The van der Waals surface area contributed by atoms with Gasteiger partial charge in [0.15, 0.2) is 11.5 Å². The summed E-state index contributed by atoms with van der Waals surface area (Å²) in [4.78, 5) is 53.9. The van der Waals surface area contributed by atoms with Crippen LogP contribution in [0.25, 0.3) is 6.08 Å². The summed E-state index contributed by atoms with van der Waals surface area (Å²) in [7, 11) is 1.52. The Morgan fingerprint density at radius 3 is 2.68 bits per heavy atom. The molecule has 3 aromatic rings. The first-order valence-corrected chi connectivity index (χ1v) is 16.9. The number of rotatable bonds is 10. The van der Waals surface area contributed by atoms with Gasteiger partial charge in [-0.25, -0.2) is 4.79 Å². The molecule has 13 heteroatoms. The molecule has 1 aliphatic carbocycles. The van der Waals surface area contributed by atoms with Gasteiger partial charge in [-0.1, -0.05) is 29.8 Å². The number of aryl methyl sites for hydroxylation is 1. The molecular formula is C31H28ClIN2O7S2. The van der Waals surface area contributed by atoms with Crippen LogP contribution >= 0.6 is 57.3 Å². The van der Waals surface area contributed by atoms with Gasteiger partial charge in [-0.3, -0.25) is 19.3 Å². The number of hydrogen-bond acceptors (Lipinski definition) is 9. The molecule has 1 aliphatic heterocycles. The number of anilines is 1. The molecule has 0 bridgehead atoms. The lowest BCUT2D eigenvalue weighted by Crippen LogP contribution is -2.36. The molecular weight excluding hydrogens is 739 g/mol. The lowest BCUT2D eigenvalue weighted by molar-refractivity contribution is -0.127. The topological polar surface area (TPSA) is 111 Å². The van der Waals surface area contributed by atoms with Crippen LogP contribution in [0.3, 0.4) is 0 Å². The number of benzene rings is 2. The zero-order chi connectivity index (χ0) is 31.4. The number of esters is 1. The van der Waals surface area contributed by atoms with Gasteiger partial charge in [-0.05, 0) is 102 Å². The number of thiophene rings is 1. The van der Waals surface area contributed by atoms with E-state index < -0.39 is 29.6 Å². The maximum Gasteiger partial charge on any atom is 0.341 e. The molecule has 2 aromatic carbocycles. The second kappa shape index (κ2) is 14.4. The van der Waals surface area contributed by atoms with Crippen LogP contribution in [0.4, 0.5) is 9.80 Å². The number of carbonyl (C=O) groups is 4. The third-order valence-corrected chi connectivity index (χ3v) is 10.2. The Labute approximate surface area is 281 Å². The molecule has 0 unspecified atom stereocenters. The standard InChI is InChI=1S/C31H28ClIN2O7S2/c1-3-41-30(38)26-19-9-5-7-11-23(19)43-28(26)34-25(36)15-35-29(37)24(44-31(35)39)14-17-12-21(33)27(22(13-17)40-2)42-16-18-8-4-6-10-20(18)32/h4,6,8,10,12-14H,3,5,7,9,11,15-16H2,1-2H3,(H,34,36)/b24-14+. The van der Waals surface area contributed by atoms with Gasteiger partial charge >= 0.3 is 5.97 Å². The molecule has 0 atom stereocenters. The average molecular weight is 767 g/mol. The minimum atomic E-state index is -0.584. The Balaban J connectivity index is 1.29. The van der Waals surface area contributed by atoms with E-state index in [4.69, 9.17) is 25.8 Å². The van der Waals surface area contributed by atoms with Crippen LogP contribution in [0.1, 0.15) is 51.7 Å². The van der Waals surface area contributed by atoms with Crippen molar-refractivity contribution >= 4 is 91.4 Å². The number of amides is 3. The molecule has 2 heterocycles. The number of nitrogens with zero attached hydrogens (tertiary/aromatic N) is 1. The molecule has 0 spiro atoms. The molecule has 1 aromatic heterocycles.